The van der Waals surface area contributed by atoms with Crippen LogP contribution >= 0.6 is 11.6 Å². The van der Waals surface area contributed by atoms with Gasteiger partial charge in [-0.25, -0.2) is 9.29 Å². The number of aromatic hydroxyl groups is 1. The molecule has 1 saturated carbocycles. The number of hydrogen-bond acceptors (Lipinski definition) is 5. The van der Waals surface area contributed by atoms with Gasteiger partial charge in [-0.05, 0) is 61.9 Å². The topological polar surface area (TPSA) is 95.0 Å². The molecule has 3 aromatic carbocycles. The number of aryl methyl sites for hydroxylation is 1. The zero-order valence-corrected chi connectivity index (χ0v) is 24.9. The standard InChI is InChI=1S/C35H30ClFN2O5/c1-18-7-6-10-23(30(18)40)29-21-12-13-22-28(33(43)38(31(22)41)17-19-8-4-3-5-9-19)24(21)16-25-32(42)39(34(44)35(25,29)2)20-11-14-27(37)26(36)15-20/h3-12,14-15,22,24-25,28-29,40H,13,16-17H2,1-2H3. The van der Waals surface area contributed by atoms with Gasteiger partial charge in [0.05, 0.1) is 40.4 Å². The van der Waals surface area contributed by atoms with Gasteiger partial charge < -0.3 is 5.11 Å². The van der Waals surface area contributed by atoms with Crippen molar-refractivity contribution in [3.05, 3.63) is 106 Å². The highest BCUT2D eigenvalue weighted by atomic mass is 35.5. The number of amides is 4. The third-order valence-electron chi connectivity index (χ3n) is 10.3. The van der Waals surface area contributed by atoms with Gasteiger partial charge in [0.2, 0.25) is 23.6 Å². The third-order valence-corrected chi connectivity index (χ3v) is 10.6. The summed E-state index contributed by atoms with van der Waals surface area (Å²) in [5, 5.41) is 11.1. The molecule has 2 saturated heterocycles. The molecule has 4 aliphatic rings. The molecule has 7 nitrogen and oxygen atoms in total. The zero-order valence-electron chi connectivity index (χ0n) is 24.2. The van der Waals surface area contributed by atoms with E-state index < -0.39 is 52.6 Å². The Bertz CT molecular complexity index is 1790. The molecule has 2 aliphatic heterocycles. The van der Waals surface area contributed by atoms with Gasteiger partial charge >= 0.3 is 0 Å². The molecular weight excluding hydrogens is 583 g/mol. The zero-order chi connectivity index (χ0) is 31.1. The molecular formula is C35H30ClFN2O5. The van der Waals surface area contributed by atoms with Crippen molar-refractivity contribution in [3.8, 4) is 5.75 Å². The molecule has 2 heterocycles. The Morgan fingerprint density at radius 2 is 1.70 bits per heavy atom. The van der Waals surface area contributed by atoms with Gasteiger partial charge in [0.25, 0.3) is 0 Å². The van der Waals surface area contributed by atoms with E-state index in [-0.39, 0.29) is 41.2 Å². The molecule has 7 rings (SSSR count). The first-order valence-corrected chi connectivity index (χ1v) is 15.1. The number of benzene rings is 3. The molecule has 3 aromatic rings. The van der Waals surface area contributed by atoms with E-state index in [1.54, 1.807) is 32.0 Å². The molecule has 224 valence electrons. The number of nitrogens with zero attached hydrogens (tertiary/aromatic N) is 2. The third kappa shape index (κ3) is 3.93. The fourth-order valence-electron chi connectivity index (χ4n) is 8.13. The first kappa shape index (κ1) is 28.5. The molecule has 44 heavy (non-hydrogen) atoms. The Labute approximate surface area is 258 Å². The molecule has 0 radical (unpaired) electrons. The van der Waals surface area contributed by atoms with Crippen LogP contribution in [0.2, 0.25) is 5.02 Å². The first-order valence-electron chi connectivity index (χ1n) is 14.7. The Hall–Kier alpha value is -4.30. The second-order valence-electron chi connectivity index (χ2n) is 12.5. The summed E-state index contributed by atoms with van der Waals surface area (Å²) in [5.41, 5.74) is 1.56. The van der Waals surface area contributed by atoms with E-state index in [9.17, 15) is 28.7 Å². The lowest BCUT2D eigenvalue weighted by Gasteiger charge is -2.49. The van der Waals surface area contributed by atoms with Crippen LogP contribution in [0.15, 0.2) is 78.4 Å². The molecule has 2 aliphatic carbocycles. The Balaban J connectivity index is 1.35. The molecule has 3 fully saturated rings. The van der Waals surface area contributed by atoms with Crippen molar-refractivity contribution in [2.45, 2.75) is 39.2 Å². The normalized spacial score (nSPS) is 29.5. The van der Waals surface area contributed by atoms with E-state index in [1.165, 1.54) is 17.0 Å². The Morgan fingerprint density at radius 1 is 0.955 bits per heavy atom. The number of para-hydroxylation sites is 1. The van der Waals surface area contributed by atoms with Crippen molar-refractivity contribution in [2.75, 3.05) is 4.90 Å². The van der Waals surface area contributed by atoms with E-state index in [0.717, 1.165) is 22.1 Å². The molecule has 0 spiro atoms. The first-order chi connectivity index (χ1) is 21.0. The van der Waals surface area contributed by atoms with E-state index in [2.05, 4.69) is 0 Å². The minimum absolute atomic E-state index is 0.0178. The van der Waals surface area contributed by atoms with Gasteiger partial charge in [-0.2, -0.15) is 0 Å². The van der Waals surface area contributed by atoms with Crippen LogP contribution in [0, 0.1) is 41.8 Å². The number of phenols is 1. The maximum absolute atomic E-state index is 14.5. The average Bonchev–Trinajstić information content (AvgIpc) is 3.36. The largest absolute Gasteiger partial charge is 0.507 e. The predicted octanol–water partition coefficient (Wildman–Crippen LogP) is 5.92. The van der Waals surface area contributed by atoms with E-state index in [1.807, 2.05) is 36.4 Å². The van der Waals surface area contributed by atoms with Gasteiger partial charge in [0.15, 0.2) is 0 Å². The molecule has 6 atom stereocenters. The summed E-state index contributed by atoms with van der Waals surface area (Å²) >= 11 is 6.06. The van der Waals surface area contributed by atoms with Crippen LogP contribution in [0.4, 0.5) is 10.1 Å². The van der Waals surface area contributed by atoms with Crippen LogP contribution < -0.4 is 4.90 Å². The molecule has 4 amide bonds. The summed E-state index contributed by atoms with van der Waals surface area (Å²) in [6, 6.07) is 18.4. The Morgan fingerprint density at radius 3 is 2.43 bits per heavy atom. The van der Waals surface area contributed by atoms with Crippen molar-refractivity contribution in [2.24, 2.45) is 29.1 Å². The molecule has 6 unspecified atom stereocenters. The number of halogens is 2. The van der Waals surface area contributed by atoms with Crippen molar-refractivity contribution < 1.29 is 28.7 Å². The van der Waals surface area contributed by atoms with E-state index in [4.69, 9.17) is 11.6 Å². The second-order valence-corrected chi connectivity index (χ2v) is 12.9. The van der Waals surface area contributed by atoms with Crippen molar-refractivity contribution in [3.63, 3.8) is 0 Å². The van der Waals surface area contributed by atoms with Gasteiger partial charge in [0, 0.05) is 11.5 Å². The lowest BCUT2D eigenvalue weighted by atomic mass is 9.51. The number of carbonyl (C=O) groups is 4. The molecule has 1 N–H and O–H groups in total. The number of anilines is 1. The number of fused-ring (bicyclic) bond motifs is 4. The molecule has 9 heteroatoms. The van der Waals surface area contributed by atoms with E-state index >= 15 is 0 Å². The van der Waals surface area contributed by atoms with Crippen molar-refractivity contribution in [1.29, 1.82) is 0 Å². The number of rotatable bonds is 4. The minimum atomic E-state index is -1.33. The fourth-order valence-corrected chi connectivity index (χ4v) is 8.31. The quantitative estimate of drug-likeness (QED) is 0.291. The number of allylic oxidation sites excluding steroid dienone is 2. The van der Waals surface area contributed by atoms with Crippen LogP contribution in [-0.4, -0.2) is 33.6 Å². The number of likely N-dealkylation sites (tertiary alicyclic amines) is 1. The molecule has 0 aromatic heterocycles. The SMILES string of the molecule is Cc1cccc(C2C3=CCC4C(=O)N(Cc5ccccc5)C(=O)C4C3CC3C(=O)N(c4ccc(F)c(Cl)c4)C(=O)C32C)c1O. The highest BCUT2D eigenvalue weighted by Crippen LogP contribution is 2.64. The summed E-state index contributed by atoms with van der Waals surface area (Å²) in [6.45, 7) is 3.66. The number of carbonyl (C=O) groups excluding carboxylic acids is 4. The summed E-state index contributed by atoms with van der Waals surface area (Å²) in [6.07, 6.45) is 2.45. The minimum Gasteiger partial charge on any atom is -0.507 e. The summed E-state index contributed by atoms with van der Waals surface area (Å²) in [5.74, 6) is -5.51. The lowest BCUT2D eigenvalue weighted by Crippen LogP contribution is -2.48. The van der Waals surface area contributed by atoms with Gasteiger partial charge in [-0.3, -0.25) is 24.1 Å². The number of hydrogen-bond donors (Lipinski definition) is 1. The number of imide groups is 2. The second kappa shape index (κ2) is 10.1. The predicted molar refractivity (Wildman–Crippen MR) is 161 cm³/mol. The van der Waals surface area contributed by atoms with Crippen LogP contribution in [0.25, 0.3) is 0 Å². The van der Waals surface area contributed by atoms with Crippen LogP contribution in [0.5, 0.6) is 5.75 Å². The van der Waals surface area contributed by atoms with Gasteiger partial charge in [-0.1, -0.05) is 71.8 Å². The van der Waals surface area contributed by atoms with Gasteiger partial charge in [-0.15, -0.1) is 0 Å². The van der Waals surface area contributed by atoms with Crippen LogP contribution in [0.3, 0.4) is 0 Å². The Kier molecular flexibility index (Phi) is 6.55. The van der Waals surface area contributed by atoms with Gasteiger partial charge in [0.1, 0.15) is 11.6 Å². The van der Waals surface area contributed by atoms with Crippen molar-refractivity contribution >= 4 is 40.9 Å². The smallest absolute Gasteiger partial charge is 0.241 e. The average molecular weight is 613 g/mol. The van der Waals surface area contributed by atoms with Crippen LogP contribution in [0.1, 0.15) is 42.4 Å². The van der Waals surface area contributed by atoms with E-state index in [0.29, 0.717) is 17.5 Å². The lowest BCUT2D eigenvalue weighted by molar-refractivity contribution is -0.141. The monoisotopic (exact) mass is 612 g/mol. The van der Waals surface area contributed by atoms with Crippen LogP contribution in [-0.2, 0) is 25.7 Å². The van der Waals surface area contributed by atoms with Crippen molar-refractivity contribution in [1.82, 2.24) is 4.90 Å². The summed E-state index contributed by atoms with van der Waals surface area (Å²) in [4.78, 5) is 58.8. The summed E-state index contributed by atoms with van der Waals surface area (Å²) in [7, 11) is 0. The fraction of sp³-hybridized carbons (Fsp3) is 0.314. The summed E-state index contributed by atoms with van der Waals surface area (Å²) < 4.78 is 14.1. The maximum Gasteiger partial charge on any atom is 0.241 e. The molecule has 0 bridgehead atoms. The highest BCUT2D eigenvalue weighted by Gasteiger charge is 2.67. The highest BCUT2D eigenvalue weighted by molar-refractivity contribution is 6.31. The maximum atomic E-state index is 14.5. The number of phenolic OH excluding ortho intramolecular Hbond substituents is 1.